The lowest BCUT2D eigenvalue weighted by atomic mass is 9.81. The average Bonchev–Trinajstić information content (AvgIpc) is 3.00. The van der Waals surface area contributed by atoms with Crippen molar-refractivity contribution in [2.75, 3.05) is 4.72 Å². The van der Waals surface area contributed by atoms with Crippen molar-refractivity contribution in [2.24, 2.45) is 11.8 Å². The van der Waals surface area contributed by atoms with Crippen molar-refractivity contribution in [2.45, 2.75) is 44.0 Å². The molecule has 1 aliphatic heterocycles. The number of hydrogen-bond donors (Lipinski definition) is 1. The van der Waals surface area contributed by atoms with Crippen molar-refractivity contribution in [1.82, 2.24) is 4.90 Å². The number of nitrogens with zero attached hydrogens (tertiary/aromatic N) is 2. The summed E-state index contributed by atoms with van der Waals surface area (Å²) in [6.07, 6.45) is 3.41. The maximum Gasteiger partial charge on any atom is 0.262 e. The molecule has 0 radical (unpaired) electrons. The Morgan fingerprint density at radius 1 is 1.03 bits per heavy atom. The summed E-state index contributed by atoms with van der Waals surface area (Å²) in [5.74, 6) is -0.744. The van der Waals surface area contributed by atoms with Gasteiger partial charge in [-0.2, -0.15) is 5.26 Å². The Bertz CT molecular complexity index is 1160. The normalized spacial score (nSPS) is 21.0. The molecule has 1 aliphatic carbocycles. The van der Waals surface area contributed by atoms with Crippen LogP contribution in [0.3, 0.4) is 0 Å². The van der Waals surface area contributed by atoms with Gasteiger partial charge < -0.3 is 0 Å². The van der Waals surface area contributed by atoms with Crippen LogP contribution in [0, 0.1) is 30.1 Å². The summed E-state index contributed by atoms with van der Waals surface area (Å²) in [4.78, 5) is 26.9. The first-order valence-corrected chi connectivity index (χ1v) is 11.8. The van der Waals surface area contributed by atoms with Crippen LogP contribution in [0.25, 0.3) is 0 Å². The number of benzene rings is 2. The number of imide groups is 1. The van der Waals surface area contributed by atoms with Crippen LogP contribution >= 0.6 is 0 Å². The lowest BCUT2D eigenvalue weighted by Crippen LogP contribution is -2.30. The van der Waals surface area contributed by atoms with Crippen LogP contribution < -0.4 is 4.72 Å². The molecule has 0 spiro atoms. The summed E-state index contributed by atoms with van der Waals surface area (Å²) >= 11 is 0. The standard InChI is InChI=1S/C23H23N3O4S/c1-15-6-7-17(14-26-22(27)19-4-2-3-5-20(19)23(26)28)12-21(15)31(29,30)25-18-10-8-16(13-24)9-11-18/h6-12,19-20,25H,2-5,14H2,1H3/t19-,20+. The highest BCUT2D eigenvalue weighted by Crippen LogP contribution is 2.38. The third kappa shape index (κ3) is 4.06. The molecular weight excluding hydrogens is 414 g/mol. The Morgan fingerprint density at radius 2 is 1.65 bits per heavy atom. The van der Waals surface area contributed by atoms with Crippen LogP contribution in [-0.2, 0) is 26.2 Å². The van der Waals surface area contributed by atoms with Crippen molar-refractivity contribution >= 4 is 27.5 Å². The molecule has 1 N–H and O–H groups in total. The van der Waals surface area contributed by atoms with E-state index in [4.69, 9.17) is 5.26 Å². The monoisotopic (exact) mass is 437 g/mol. The van der Waals surface area contributed by atoms with E-state index in [9.17, 15) is 18.0 Å². The second-order valence-corrected chi connectivity index (χ2v) is 9.81. The number of carbonyl (C=O) groups is 2. The predicted molar refractivity (Wildman–Crippen MR) is 114 cm³/mol. The summed E-state index contributed by atoms with van der Waals surface area (Å²) in [5.41, 5.74) is 1.92. The second kappa shape index (κ2) is 8.16. The summed E-state index contributed by atoms with van der Waals surface area (Å²) < 4.78 is 28.5. The molecule has 2 fully saturated rings. The number of sulfonamides is 1. The molecule has 2 aliphatic rings. The molecule has 1 heterocycles. The predicted octanol–water partition coefficient (Wildman–Crippen LogP) is 3.34. The summed E-state index contributed by atoms with van der Waals surface area (Å²) in [5, 5.41) is 8.89. The van der Waals surface area contributed by atoms with Gasteiger partial charge in [-0.1, -0.05) is 25.0 Å². The third-order valence-corrected chi connectivity index (χ3v) is 7.60. The number of carbonyl (C=O) groups excluding carboxylic acids is 2. The Kier molecular flexibility index (Phi) is 5.54. The van der Waals surface area contributed by atoms with Crippen LogP contribution in [-0.4, -0.2) is 25.1 Å². The van der Waals surface area contributed by atoms with E-state index in [2.05, 4.69) is 4.72 Å². The molecule has 2 atom stereocenters. The minimum absolute atomic E-state index is 0.0737. The smallest absolute Gasteiger partial charge is 0.262 e. The van der Waals surface area contributed by atoms with E-state index in [-0.39, 0.29) is 35.1 Å². The maximum absolute atomic E-state index is 13.0. The number of hydrogen-bond acceptors (Lipinski definition) is 5. The van der Waals surface area contributed by atoms with Gasteiger partial charge in [-0.3, -0.25) is 19.2 Å². The Labute approximate surface area is 181 Å². The van der Waals surface area contributed by atoms with Gasteiger partial charge >= 0.3 is 0 Å². The zero-order chi connectivity index (χ0) is 22.2. The number of anilines is 1. The molecule has 4 rings (SSSR count). The van der Waals surface area contributed by atoms with Crippen LogP contribution in [0.2, 0.25) is 0 Å². The molecule has 7 nitrogen and oxygen atoms in total. The molecule has 31 heavy (non-hydrogen) atoms. The van der Waals surface area contributed by atoms with Gasteiger partial charge in [0, 0.05) is 5.69 Å². The fourth-order valence-electron chi connectivity index (χ4n) is 4.42. The van der Waals surface area contributed by atoms with Crippen molar-refractivity contribution in [3.8, 4) is 6.07 Å². The van der Waals surface area contributed by atoms with Crippen LogP contribution in [0.1, 0.15) is 42.4 Å². The van der Waals surface area contributed by atoms with E-state index >= 15 is 0 Å². The minimum atomic E-state index is -3.89. The molecule has 8 heteroatoms. The SMILES string of the molecule is Cc1ccc(CN2C(=O)[C@H]3CCCC[C@H]3C2=O)cc1S(=O)(=O)Nc1ccc(C#N)cc1. The van der Waals surface area contributed by atoms with E-state index in [1.807, 2.05) is 6.07 Å². The molecular formula is C23H23N3O4S. The zero-order valence-corrected chi connectivity index (χ0v) is 18.0. The highest BCUT2D eigenvalue weighted by molar-refractivity contribution is 7.92. The molecule has 2 aromatic carbocycles. The molecule has 0 aromatic heterocycles. The van der Waals surface area contributed by atoms with Gasteiger partial charge in [0.05, 0.1) is 34.9 Å². The summed E-state index contributed by atoms with van der Waals surface area (Å²) in [6, 6.07) is 13.1. The van der Waals surface area contributed by atoms with Gasteiger partial charge in [0.25, 0.3) is 10.0 Å². The quantitative estimate of drug-likeness (QED) is 0.722. The van der Waals surface area contributed by atoms with Crippen LogP contribution in [0.15, 0.2) is 47.4 Å². The van der Waals surface area contributed by atoms with Crippen molar-refractivity contribution in [3.63, 3.8) is 0 Å². The van der Waals surface area contributed by atoms with E-state index < -0.39 is 10.0 Å². The number of fused-ring (bicyclic) bond motifs is 1. The van der Waals surface area contributed by atoms with Crippen LogP contribution in [0.4, 0.5) is 5.69 Å². The van der Waals surface area contributed by atoms with Gasteiger partial charge in [0.2, 0.25) is 11.8 Å². The van der Waals surface area contributed by atoms with Gasteiger partial charge in [0.15, 0.2) is 0 Å². The number of amides is 2. The molecule has 2 aromatic rings. The van der Waals surface area contributed by atoms with Gasteiger partial charge in [-0.05, 0) is 61.2 Å². The van der Waals surface area contributed by atoms with Crippen molar-refractivity contribution < 1.29 is 18.0 Å². The van der Waals surface area contributed by atoms with Gasteiger partial charge in [-0.25, -0.2) is 8.42 Å². The second-order valence-electron chi connectivity index (χ2n) is 8.15. The molecule has 1 saturated carbocycles. The molecule has 2 amide bonds. The number of nitrogens with one attached hydrogen (secondary N) is 1. The lowest BCUT2D eigenvalue weighted by molar-refractivity contribution is -0.140. The first-order chi connectivity index (χ1) is 14.8. The highest BCUT2D eigenvalue weighted by atomic mass is 32.2. The average molecular weight is 438 g/mol. The van der Waals surface area contributed by atoms with E-state index in [0.29, 0.717) is 22.4 Å². The largest absolute Gasteiger partial charge is 0.280 e. The molecule has 160 valence electrons. The molecule has 1 saturated heterocycles. The van der Waals surface area contributed by atoms with Crippen LogP contribution in [0.5, 0.6) is 0 Å². The van der Waals surface area contributed by atoms with Crippen molar-refractivity contribution in [3.05, 3.63) is 59.2 Å². The molecule has 0 bridgehead atoms. The zero-order valence-electron chi connectivity index (χ0n) is 17.2. The maximum atomic E-state index is 13.0. The first-order valence-electron chi connectivity index (χ1n) is 10.3. The number of nitriles is 1. The Morgan fingerprint density at radius 3 is 2.23 bits per heavy atom. The Hall–Kier alpha value is -3.18. The number of likely N-dealkylation sites (tertiary alicyclic amines) is 1. The summed E-state index contributed by atoms with van der Waals surface area (Å²) in [6.45, 7) is 1.77. The number of aryl methyl sites for hydroxylation is 1. The fourth-order valence-corrected chi connectivity index (χ4v) is 5.78. The third-order valence-electron chi connectivity index (χ3n) is 6.08. The molecule has 0 unspecified atom stereocenters. The Balaban J connectivity index is 1.57. The van der Waals surface area contributed by atoms with E-state index in [1.165, 1.54) is 35.2 Å². The van der Waals surface area contributed by atoms with E-state index in [0.717, 1.165) is 25.7 Å². The van der Waals surface area contributed by atoms with E-state index in [1.54, 1.807) is 19.1 Å². The highest BCUT2D eigenvalue weighted by Gasteiger charge is 2.47. The first kappa shape index (κ1) is 21.1. The minimum Gasteiger partial charge on any atom is -0.280 e. The topological polar surface area (TPSA) is 107 Å². The van der Waals surface area contributed by atoms with Crippen molar-refractivity contribution in [1.29, 1.82) is 5.26 Å². The lowest BCUT2D eigenvalue weighted by Gasteiger charge is -2.19. The fraction of sp³-hybridized carbons (Fsp3) is 0.348. The van der Waals surface area contributed by atoms with Gasteiger partial charge in [-0.15, -0.1) is 0 Å². The number of rotatable bonds is 5. The summed E-state index contributed by atoms with van der Waals surface area (Å²) in [7, 11) is -3.89. The van der Waals surface area contributed by atoms with Gasteiger partial charge in [0.1, 0.15) is 0 Å².